The predicted octanol–water partition coefficient (Wildman–Crippen LogP) is 3.38. The average molecular weight is 467 g/mol. The lowest BCUT2D eigenvalue weighted by Gasteiger charge is -2.09. The van der Waals surface area contributed by atoms with Crippen molar-refractivity contribution in [2.45, 2.75) is 37.6 Å². The number of hydrogen-bond donors (Lipinski definition) is 1. The Hall–Kier alpha value is -3.20. The van der Waals surface area contributed by atoms with E-state index in [0.717, 1.165) is 35.5 Å². The van der Waals surface area contributed by atoms with E-state index in [0.29, 0.717) is 36.5 Å². The van der Waals surface area contributed by atoms with Crippen molar-refractivity contribution < 1.29 is 19.0 Å². The predicted molar refractivity (Wildman–Crippen MR) is 125 cm³/mol. The van der Waals surface area contributed by atoms with Gasteiger partial charge in [0, 0.05) is 32.0 Å². The van der Waals surface area contributed by atoms with Crippen molar-refractivity contribution in [1.82, 2.24) is 20.1 Å². The Balaban J connectivity index is 1.18. The first-order valence-corrected chi connectivity index (χ1v) is 12.0. The largest absolute Gasteiger partial charge is 0.490 e. The third-order valence-electron chi connectivity index (χ3n) is 5.62. The minimum atomic E-state index is -0.0507. The lowest BCUT2D eigenvalue weighted by atomic mass is 10.1. The molecule has 0 bridgehead atoms. The molecule has 0 unspecified atom stereocenters. The number of benzene rings is 2. The third kappa shape index (κ3) is 4.78. The Morgan fingerprint density at radius 3 is 2.82 bits per heavy atom. The number of carbonyl (C=O) groups excluding carboxylic acids is 1. The molecule has 0 spiro atoms. The zero-order valence-electron chi connectivity index (χ0n) is 18.7. The molecule has 1 atom stereocenters. The normalized spacial score (nSPS) is 16.6. The second kappa shape index (κ2) is 9.35. The minimum Gasteiger partial charge on any atom is -0.490 e. The van der Waals surface area contributed by atoms with Crippen LogP contribution in [0.15, 0.2) is 41.6 Å². The lowest BCUT2D eigenvalue weighted by molar-refractivity contribution is -0.118. The van der Waals surface area contributed by atoms with E-state index in [1.165, 1.54) is 17.3 Å². The first kappa shape index (κ1) is 21.6. The van der Waals surface area contributed by atoms with E-state index in [2.05, 4.69) is 28.5 Å². The van der Waals surface area contributed by atoms with Gasteiger partial charge in [0.1, 0.15) is 11.9 Å². The minimum absolute atomic E-state index is 0.0507. The highest BCUT2D eigenvalue weighted by Gasteiger charge is 2.19. The number of rotatable bonds is 6. The number of hydrogen-bond acceptors (Lipinski definition) is 7. The molecule has 1 N–H and O–H groups in total. The van der Waals surface area contributed by atoms with Crippen molar-refractivity contribution in [3.05, 3.63) is 47.5 Å². The van der Waals surface area contributed by atoms with Gasteiger partial charge in [0.2, 0.25) is 5.91 Å². The van der Waals surface area contributed by atoms with E-state index in [1.54, 1.807) is 0 Å². The SMILES string of the molecule is C[C@H]1Cc2cc(CNC(=O)CSc3nnc(-c4ccc5c(c4)OCCCO5)n3C)ccc2O1. The molecule has 0 saturated heterocycles. The molecule has 0 saturated carbocycles. The van der Waals surface area contributed by atoms with Gasteiger partial charge in [-0.2, -0.15) is 0 Å². The molecule has 33 heavy (non-hydrogen) atoms. The molecule has 2 aromatic carbocycles. The maximum atomic E-state index is 12.4. The highest BCUT2D eigenvalue weighted by molar-refractivity contribution is 7.99. The fourth-order valence-corrected chi connectivity index (χ4v) is 4.70. The zero-order valence-corrected chi connectivity index (χ0v) is 19.5. The second-order valence-corrected chi connectivity index (χ2v) is 9.16. The number of nitrogens with zero attached hydrogens (tertiary/aromatic N) is 3. The Kier molecular flexibility index (Phi) is 6.13. The molecule has 172 valence electrons. The smallest absolute Gasteiger partial charge is 0.230 e. The van der Waals surface area contributed by atoms with E-state index >= 15 is 0 Å². The van der Waals surface area contributed by atoms with E-state index < -0.39 is 0 Å². The van der Waals surface area contributed by atoms with Gasteiger partial charge in [-0.1, -0.05) is 23.9 Å². The number of fused-ring (bicyclic) bond motifs is 2. The van der Waals surface area contributed by atoms with Crippen molar-refractivity contribution in [3.63, 3.8) is 0 Å². The lowest BCUT2D eigenvalue weighted by Crippen LogP contribution is -2.24. The summed E-state index contributed by atoms with van der Waals surface area (Å²) in [6.45, 7) is 3.83. The molecule has 3 heterocycles. The van der Waals surface area contributed by atoms with E-state index in [-0.39, 0.29) is 17.8 Å². The Morgan fingerprint density at radius 2 is 1.94 bits per heavy atom. The van der Waals surface area contributed by atoms with Crippen LogP contribution in [0.3, 0.4) is 0 Å². The molecule has 1 amide bonds. The summed E-state index contributed by atoms with van der Waals surface area (Å²) in [6, 6.07) is 11.9. The molecule has 0 fully saturated rings. The third-order valence-corrected chi connectivity index (χ3v) is 6.64. The molecule has 5 rings (SSSR count). The monoisotopic (exact) mass is 466 g/mol. The topological polar surface area (TPSA) is 87.5 Å². The highest BCUT2D eigenvalue weighted by atomic mass is 32.2. The van der Waals surface area contributed by atoms with Crippen LogP contribution in [0, 0.1) is 0 Å². The van der Waals surface area contributed by atoms with Gasteiger partial charge in [0.15, 0.2) is 22.5 Å². The van der Waals surface area contributed by atoms with Crippen LogP contribution in [-0.4, -0.2) is 45.7 Å². The van der Waals surface area contributed by atoms with Crippen molar-refractivity contribution in [2.75, 3.05) is 19.0 Å². The molecule has 3 aromatic rings. The van der Waals surface area contributed by atoms with Crippen LogP contribution >= 0.6 is 11.8 Å². The maximum Gasteiger partial charge on any atom is 0.230 e. The molecular weight excluding hydrogens is 440 g/mol. The molecule has 9 heteroatoms. The van der Waals surface area contributed by atoms with Crippen LogP contribution in [0.4, 0.5) is 0 Å². The summed E-state index contributed by atoms with van der Waals surface area (Å²) in [6.07, 6.45) is 1.98. The van der Waals surface area contributed by atoms with Crippen LogP contribution in [0.5, 0.6) is 17.2 Å². The molecular formula is C24H26N4O4S. The van der Waals surface area contributed by atoms with Crippen LogP contribution in [0.2, 0.25) is 0 Å². The van der Waals surface area contributed by atoms with Gasteiger partial charge in [-0.15, -0.1) is 10.2 Å². The fourth-order valence-electron chi connectivity index (χ4n) is 3.96. The highest BCUT2D eigenvalue weighted by Crippen LogP contribution is 2.34. The van der Waals surface area contributed by atoms with E-state index in [1.807, 2.05) is 41.9 Å². The Morgan fingerprint density at radius 1 is 1.12 bits per heavy atom. The first-order chi connectivity index (χ1) is 16.1. The fraction of sp³-hybridized carbons (Fsp3) is 0.375. The van der Waals surface area contributed by atoms with Gasteiger partial charge >= 0.3 is 0 Å². The van der Waals surface area contributed by atoms with E-state index in [9.17, 15) is 4.79 Å². The molecule has 2 aliphatic heterocycles. The number of ether oxygens (including phenoxy) is 3. The van der Waals surface area contributed by atoms with Gasteiger partial charge in [0.05, 0.1) is 19.0 Å². The van der Waals surface area contributed by atoms with Crippen LogP contribution in [0.1, 0.15) is 24.5 Å². The summed E-state index contributed by atoms with van der Waals surface area (Å²) in [5.41, 5.74) is 3.16. The summed E-state index contributed by atoms with van der Waals surface area (Å²) in [5, 5.41) is 12.2. The number of amides is 1. The summed E-state index contributed by atoms with van der Waals surface area (Å²) >= 11 is 1.36. The second-order valence-electron chi connectivity index (χ2n) is 8.22. The van der Waals surface area contributed by atoms with Crippen LogP contribution in [-0.2, 0) is 24.8 Å². The standard InChI is InChI=1S/C24H26N4O4S/c1-15-10-18-11-16(4-6-19(18)32-15)13-25-22(29)14-33-24-27-26-23(28(24)2)17-5-7-20-21(12-17)31-9-3-8-30-20/h4-7,11-12,15H,3,8-10,13-14H2,1-2H3,(H,25,29)/t15-/m0/s1. The summed E-state index contributed by atoms with van der Waals surface area (Å²) in [4.78, 5) is 12.4. The van der Waals surface area contributed by atoms with Crippen LogP contribution in [0.25, 0.3) is 11.4 Å². The molecule has 1 aromatic heterocycles. The number of thioether (sulfide) groups is 1. The Bertz CT molecular complexity index is 1180. The number of aromatic nitrogens is 3. The van der Waals surface area contributed by atoms with Gasteiger partial charge in [-0.25, -0.2) is 0 Å². The zero-order chi connectivity index (χ0) is 22.8. The van der Waals surface area contributed by atoms with Gasteiger partial charge in [-0.3, -0.25) is 4.79 Å². The van der Waals surface area contributed by atoms with Gasteiger partial charge in [-0.05, 0) is 42.3 Å². The number of nitrogens with one attached hydrogen (secondary N) is 1. The molecule has 8 nitrogen and oxygen atoms in total. The van der Waals surface area contributed by atoms with E-state index in [4.69, 9.17) is 14.2 Å². The summed E-state index contributed by atoms with van der Waals surface area (Å²) in [7, 11) is 1.90. The quantitative estimate of drug-likeness (QED) is 0.557. The maximum absolute atomic E-state index is 12.4. The Labute approximate surface area is 196 Å². The summed E-state index contributed by atoms with van der Waals surface area (Å²) < 4.78 is 19.1. The average Bonchev–Trinajstić information content (AvgIpc) is 3.27. The van der Waals surface area contributed by atoms with Crippen molar-refractivity contribution in [1.29, 1.82) is 0 Å². The van der Waals surface area contributed by atoms with Crippen molar-refractivity contribution in [3.8, 4) is 28.6 Å². The van der Waals surface area contributed by atoms with Crippen molar-refractivity contribution >= 4 is 17.7 Å². The van der Waals surface area contributed by atoms with Crippen molar-refractivity contribution in [2.24, 2.45) is 7.05 Å². The van der Waals surface area contributed by atoms with Gasteiger partial charge in [0.25, 0.3) is 0 Å². The summed E-state index contributed by atoms with van der Waals surface area (Å²) in [5.74, 6) is 3.33. The first-order valence-electron chi connectivity index (χ1n) is 11.0. The number of carbonyl (C=O) groups is 1. The molecule has 2 aliphatic rings. The van der Waals surface area contributed by atoms with Gasteiger partial charge < -0.3 is 24.1 Å². The van der Waals surface area contributed by atoms with Crippen LogP contribution < -0.4 is 19.5 Å². The molecule has 0 radical (unpaired) electrons. The molecule has 0 aliphatic carbocycles.